The molecule has 3 fully saturated rings. The third kappa shape index (κ3) is 0.732. The van der Waals surface area contributed by atoms with Gasteiger partial charge < -0.3 is 4.74 Å². The molecular weight excluding hydrogens is 152 g/mol. The minimum absolute atomic E-state index is 0.0440. The summed E-state index contributed by atoms with van der Waals surface area (Å²) in [6.07, 6.45) is 6.11. The Labute approximate surface area is 72.3 Å². The van der Waals surface area contributed by atoms with Crippen LogP contribution in [0, 0.1) is 17.3 Å². The molecular formula is C10H14O2. The first-order valence-electron chi connectivity index (χ1n) is 4.94. The Morgan fingerprint density at radius 1 is 1.42 bits per heavy atom. The van der Waals surface area contributed by atoms with Crippen LogP contribution >= 0.6 is 0 Å². The molecule has 2 bridgehead atoms. The van der Waals surface area contributed by atoms with Crippen LogP contribution in [0.3, 0.4) is 0 Å². The minimum atomic E-state index is 0.0440. The van der Waals surface area contributed by atoms with Gasteiger partial charge in [0.15, 0.2) is 0 Å². The van der Waals surface area contributed by atoms with E-state index in [1.165, 1.54) is 25.7 Å². The zero-order valence-corrected chi connectivity index (χ0v) is 7.21. The van der Waals surface area contributed by atoms with Crippen LogP contribution < -0.4 is 0 Å². The summed E-state index contributed by atoms with van der Waals surface area (Å²) in [5, 5.41) is 0. The molecule has 1 saturated heterocycles. The van der Waals surface area contributed by atoms with Crippen molar-refractivity contribution in [2.75, 3.05) is 6.61 Å². The lowest BCUT2D eigenvalue weighted by molar-refractivity contribution is -0.137. The molecule has 1 aliphatic heterocycles. The van der Waals surface area contributed by atoms with Crippen molar-refractivity contribution < 1.29 is 9.53 Å². The first kappa shape index (κ1) is 6.93. The fourth-order valence-electron chi connectivity index (χ4n) is 3.57. The summed E-state index contributed by atoms with van der Waals surface area (Å²) in [5.41, 5.74) is 0.306. The van der Waals surface area contributed by atoms with Crippen LogP contribution in [0.25, 0.3) is 0 Å². The van der Waals surface area contributed by atoms with Crippen LogP contribution in [-0.4, -0.2) is 12.6 Å². The number of hydrogen-bond donors (Lipinski definition) is 0. The van der Waals surface area contributed by atoms with Gasteiger partial charge in [-0.25, -0.2) is 0 Å². The molecule has 1 spiro atoms. The average Bonchev–Trinajstić information content (AvgIpc) is 2.67. The summed E-state index contributed by atoms with van der Waals surface area (Å²) in [6, 6.07) is 0. The Kier molecular flexibility index (Phi) is 1.18. The summed E-state index contributed by atoms with van der Waals surface area (Å²) in [7, 11) is 0. The van der Waals surface area contributed by atoms with E-state index >= 15 is 0 Å². The molecule has 0 aromatic heterocycles. The summed E-state index contributed by atoms with van der Waals surface area (Å²) in [5.74, 6) is 1.78. The minimum Gasteiger partial charge on any atom is -0.465 e. The van der Waals surface area contributed by atoms with Crippen molar-refractivity contribution in [3.63, 3.8) is 0 Å². The number of hydrogen-bond acceptors (Lipinski definition) is 2. The van der Waals surface area contributed by atoms with Crippen molar-refractivity contribution in [3.8, 4) is 0 Å². The SMILES string of the molecule is O=C1CC2(CO1)CC1CCC2C1. The second-order valence-electron chi connectivity index (χ2n) is 4.78. The van der Waals surface area contributed by atoms with Crippen LogP contribution in [-0.2, 0) is 9.53 Å². The third-order valence-corrected chi connectivity index (χ3v) is 4.12. The highest BCUT2D eigenvalue weighted by Gasteiger charge is 2.55. The summed E-state index contributed by atoms with van der Waals surface area (Å²) in [6.45, 7) is 0.729. The topological polar surface area (TPSA) is 26.3 Å². The second kappa shape index (κ2) is 2.04. The fourth-order valence-corrected chi connectivity index (χ4v) is 3.57. The van der Waals surface area contributed by atoms with Gasteiger partial charge in [0.2, 0.25) is 0 Å². The molecule has 0 aromatic rings. The van der Waals surface area contributed by atoms with Crippen molar-refractivity contribution in [2.45, 2.75) is 32.1 Å². The maximum atomic E-state index is 11.1. The maximum Gasteiger partial charge on any atom is 0.306 e. The monoisotopic (exact) mass is 166 g/mol. The third-order valence-electron chi connectivity index (χ3n) is 4.12. The highest BCUT2D eigenvalue weighted by molar-refractivity contribution is 5.72. The predicted molar refractivity (Wildman–Crippen MR) is 43.5 cm³/mol. The molecule has 12 heavy (non-hydrogen) atoms. The summed E-state index contributed by atoms with van der Waals surface area (Å²) < 4.78 is 5.10. The molecule has 66 valence electrons. The van der Waals surface area contributed by atoms with Gasteiger partial charge >= 0.3 is 5.97 Å². The Morgan fingerprint density at radius 2 is 2.33 bits per heavy atom. The maximum absolute atomic E-state index is 11.1. The first-order valence-corrected chi connectivity index (χ1v) is 4.94. The Balaban J connectivity index is 1.88. The molecule has 0 aromatic carbocycles. The molecule has 0 amide bonds. The molecule has 2 heteroatoms. The molecule has 2 aliphatic carbocycles. The zero-order valence-electron chi connectivity index (χ0n) is 7.21. The van der Waals surface area contributed by atoms with E-state index in [1.807, 2.05) is 0 Å². The molecule has 3 rings (SSSR count). The first-order chi connectivity index (χ1) is 5.78. The highest BCUT2D eigenvalue weighted by Crippen LogP contribution is 2.59. The molecule has 1 heterocycles. The molecule has 0 radical (unpaired) electrons. The largest absolute Gasteiger partial charge is 0.465 e. The van der Waals surface area contributed by atoms with Gasteiger partial charge in [-0.1, -0.05) is 6.42 Å². The Morgan fingerprint density at radius 3 is 2.83 bits per heavy atom. The lowest BCUT2D eigenvalue weighted by Gasteiger charge is -2.30. The van der Waals surface area contributed by atoms with Gasteiger partial charge in [0.25, 0.3) is 0 Å². The lowest BCUT2D eigenvalue weighted by atomic mass is 9.73. The van der Waals surface area contributed by atoms with E-state index in [-0.39, 0.29) is 5.97 Å². The van der Waals surface area contributed by atoms with E-state index in [0.29, 0.717) is 11.8 Å². The smallest absolute Gasteiger partial charge is 0.306 e. The number of rotatable bonds is 0. The number of cyclic esters (lactones) is 1. The predicted octanol–water partition coefficient (Wildman–Crippen LogP) is 1.74. The van der Waals surface area contributed by atoms with Gasteiger partial charge in [0, 0.05) is 5.41 Å². The van der Waals surface area contributed by atoms with Crippen LogP contribution in [0.1, 0.15) is 32.1 Å². The average molecular weight is 166 g/mol. The molecule has 3 unspecified atom stereocenters. The van der Waals surface area contributed by atoms with E-state index in [1.54, 1.807) is 0 Å². The highest BCUT2D eigenvalue weighted by atomic mass is 16.5. The van der Waals surface area contributed by atoms with E-state index in [9.17, 15) is 4.79 Å². The number of esters is 1. The van der Waals surface area contributed by atoms with Gasteiger partial charge in [0.05, 0.1) is 13.0 Å². The van der Waals surface area contributed by atoms with Gasteiger partial charge in [-0.3, -0.25) is 4.79 Å². The summed E-state index contributed by atoms with van der Waals surface area (Å²) >= 11 is 0. The normalized spacial score (nSPS) is 50.5. The molecule has 2 saturated carbocycles. The quantitative estimate of drug-likeness (QED) is 0.512. The van der Waals surface area contributed by atoms with Crippen LogP contribution in [0.5, 0.6) is 0 Å². The van der Waals surface area contributed by atoms with Crippen LogP contribution in [0.4, 0.5) is 0 Å². The molecule has 3 aliphatic rings. The van der Waals surface area contributed by atoms with Gasteiger partial charge in [0.1, 0.15) is 0 Å². The van der Waals surface area contributed by atoms with E-state index in [2.05, 4.69) is 0 Å². The number of carbonyl (C=O) groups excluding carboxylic acids is 1. The summed E-state index contributed by atoms with van der Waals surface area (Å²) in [4.78, 5) is 11.1. The number of fused-ring (bicyclic) bond motifs is 3. The van der Waals surface area contributed by atoms with Gasteiger partial charge in [-0.2, -0.15) is 0 Å². The van der Waals surface area contributed by atoms with Gasteiger partial charge in [-0.05, 0) is 31.1 Å². The fraction of sp³-hybridized carbons (Fsp3) is 0.900. The number of ether oxygens (including phenoxy) is 1. The second-order valence-corrected chi connectivity index (χ2v) is 4.78. The van der Waals surface area contributed by atoms with Crippen molar-refractivity contribution >= 4 is 5.97 Å². The number of carbonyl (C=O) groups is 1. The van der Waals surface area contributed by atoms with Crippen molar-refractivity contribution in [1.29, 1.82) is 0 Å². The van der Waals surface area contributed by atoms with Crippen LogP contribution in [0.2, 0.25) is 0 Å². The van der Waals surface area contributed by atoms with Crippen molar-refractivity contribution in [2.24, 2.45) is 17.3 Å². The molecule has 0 N–H and O–H groups in total. The van der Waals surface area contributed by atoms with E-state index < -0.39 is 0 Å². The zero-order chi connectivity index (χ0) is 8.18. The Hall–Kier alpha value is -0.530. The van der Waals surface area contributed by atoms with Crippen LogP contribution in [0.15, 0.2) is 0 Å². The van der Waals surface area contributed by atoms with E-state index in [0.717, 1.165) is 18.4 Å². The van der Waals surface area contributed by atoms with Gasteiger partial charge in [-0.15, -0.1) is 0 Å². The van der Waals surface area contributed by atoms with Crippen molar-refractivity contribution in [3.05, 3.63) is 0 Å². The molecule has 2 nitrogen and oxygen atoms in total. The van der Waals surface area contributed by atoms with E-state index in [4.69, 9.17) is 4.74 Å². The Bertz CT molecular complexity index is 236. The standard InChI is InChI=1S/C10H14O2/c11-9-5-10(6-12-9)4-7-1-2-8(10)3-7/h7-8H,1-6H2. The molecule has 3 atom stereocenters. The lowest BCUT2D eigenvalue weighted by Crippen LogP contribution is -2.27. The van der Waals surface area contributed by atoms with Crippen molar-refractivity contribution in [1.82, 2.24) is 0 Å².